The Morgan fingerprint density at radius 1 is 1.07 bits per heavy atom. The van der Waals surface area contributed by atoms with Gasteiger partial charge in [-0.3, -0.25) is 0 Å². The molecular weight excluding hydrogens is 196 g/mol. The molecule has 2 heterocycles. The van der Waals surface area contributed by atoms with Crippen molar-refractivity contribution < 1.29 is 9.47 Å². The van der Waals surface area contributed by atoms with Crippen molar-refractivity contribution in [2.45, 2.75) is 38.9 Å². The largest absolute Gasteiger partial charge is 0.332 e. The third-order valence-corrected chi connectivity index (χ3v) is 3.72. The highest BCUT2D eigenvalue weighted by Gasteiger charge is 2.50. The van der Waals surface area contributed by atoms with Gasteiger partial charge in [0.25, 0.3) is 6.29 Å². The third-order valence-electron chi connectivity index (χ3n) is 2.87. The molecule has 0 N–H and O–H groups in total. The Balaban J connectivity index is 2.22. The van der Waals surface area contributed by atoms with Crippen LogP contribution in [0.15, 0.2) is 17.5 Å². The highest BCUT2D eigenvalue weighted by atomic mass is 32.1. The Morgan fingerprint density at radius 2 is 1.64 bits per heavy atom. The second-order valence-corrected chi connectivity index (χ2v) is 5.44. The lowest BCUT2D eigenvalue weighted by Gasteiger charge is -2.30. The minimum atomic E-state index is -0.272. The summed E-state index contributed by atoms with van der Waals surface area (Å²) < 4.78 is 11.6. The van der Waals surface area contributed by atoms with Crippen molar-refractivity contribution in [3.63, 3.8) is 0 Å². The molecule has 0 aliphatic carbocycles. The van der Waals surface area contributed by atoms with Crippen molar-refractivity contribution in [3.05, 3.63) is 28.7 Å². The van der Waals surface area contributed by atoms with Gasteiger partial charge >= 0.3 is 0 Å². The van der Waals surface area contributed by atoms with Gasteiger partial charge in [0.1, 0.15) is 0 Å². The molecule has 1 aliphatic rings. The molecule has 2 nitrogen and oxygen atoms in total. The zero-order valence-electron chi connectivity index (χ0n) is 8.96. The van der Waals surface area contributed by atoms with Gasteiger partial charge in [0.05, 0.1) is 16.1 Å². The lowest BCUT2D eigenvalue weighted by Crippen LogP contribution is -2.41. The average Bonchev–Trinajstić information content (AvgIpc) is 2.58. The number of hydrogen-bond acceptors (Lipinski definition) is 3. The van der Waals surface area contributed by atoms with E-state index in [0.29, 0.717) is 6.29 Å². The first-order valence-electron chi connectivity index (χ1n) is 4.71. The molecule has 0 atom stereocenters. The summed E-state index contributed by atoms with van der Waals surface area (Å²) in [6.07, 6.45) is 0.662. The molecule has 2 rings (SSSR count). The molecule has 0 saturated carbocycles. The summed E-state index contributed by atoms with van der Waals surface area (Å²) >= 11 is 1.63. The zero-order valence-corrected chi connectivity index (χ0v) is 9.77. The first-order chi connectivity index (χ1) is 6.42. The molecule has 0 bridgehead atoms. The van der Waals surface area contributed by atoms with Gasteiger partial charge in [0.2, 0.25) is 0 Å². The van der Waals surface area contributed by atoms with Crippen LogP contribution in [0.4, 0.5) is 0 Å². The molecule has 1 aliphatic heterocycles. The third kappa shape index (κ3) is 1.49. The molecule has 1 aromatic heterocycles. The van der Waals surface area contributed by atoms with Gasteiger partial charge in [-0.1, -0.05) is 6.07 Å². The van der Waals surface area contributed by atoms with Crippen LogP contribution in [0.25, 0.3) is 0 Å². The van der Waals surface area contributed by atoms with Gasteiger partial charge < -0.3 is 9.47 Å². The monoisotopic (exact) mass is 211 g/mol. The van der Waals surface area contributed by atoms with Crippen LogP contribution in [-0.2, 0) is 9.47 Å². The van der Waals surface area contributed by atoms with Crippen molar-refractivity contribution in [1.82, 2.24) is 0 Å². The molecule has 0 amide bonds. The van der Waals surface area contributed by atoms with Crippen molar-refractivity contribution >= 4 is 11.3 Å². The summed E-state index contributed by atoms with van der Waals surface area (Å²) in [6.45, 7) is 8.20. The first kappa shape index (κ1) is 10.1. The quantitative estimate of drug-likeness (QED) is 0.710. The maximum atomic E-state index is 5.81. The van der Waals surface area contributed by atoms with Gasteiger partial charge in [0, 0.05) is 0 Å². The maximum Gasteiger partial charge on any atom is 0.267 e. The summed E-state index contributed by atoms with van der Waals surface area (Å²) in [4.78, 5) is 1.06. The highest BCUT2D eigenvalue weighted by Crippen LogP contribution is 2.44. The van der Waals surface area contributed by atoms with Gasteiger partial charge in [0.15, 0.2) is 0 Å². The van der Waals surface area contributed by atoms with Crippen LogP contribution in [0.1, 0.15) is 32.6 Å². The van der Waals surface area contributed by atoms with Crippen molar-refractivity contribution in [3.8, 4) is 0 Å². The van der Waals surface area contributed by atoms with E-state index in [4.69, 9.17) is 9.47 Å². The van der Waals surface area contributed by atoms with Crippen molar-refractivity contribution in [1.29, 1.82) is 0 Å². The number of ether oxygens (including phenoxy) is 2. The number of thiophene rings is 1. The SMILES string of the molecule is CC1(C)O[C](c2cccs2)OC1(C)C. The van der Waals surface area contributed by atoms with Gasteiger partial charge in [-0.15, -0.1) is 11.3 Å². The molecule has 1 aromatic rings. The molecule has 0 aromatic carbocycles. The van der Waals surface area contributed by atoms with Gasteiger partial charge in [-0.25, -0.2) is 0 Å². The second-order valence-electron chi connectivity index (χ2n) is 4.49. The summed E-state index contributed by atoms with van der Waals surface area (Å²) in [5.41, 5.74) is -0.543. The Bertz CT molecular complexity index is 298. The van der Waals surface area contributed by atoms with Crippen LogP contribution in [-0.4, -0.2) is 11.2 Å². The Hall–Kier alpha value is -0.380. The molecular formula is C11H15O2S. The van der Waals surface area contributed by atoms with E-state index in [1.54, 1.807) is 11.3 Å². The van der Waals surface area contributed by atoms with E-state index in [9.17, 15) is 0 Å². The fourth-order valence-corrected chi connectivity index (χ4v) is 1.87. The Kier molecular flexibility index (Phi) is 2.21. The molecule has 0 spiro atoms. The first-order valence-corrected chi connectivity index (χ1v) is 5.59. The average molecular weight is 211 g/mol. The van der Waals surface area contributed by atoms with Crippen LogP contribution >= 0.6 is 11.3 Å². The van der Waals surface area contributed by atoms with E-state index in [1.807, 2.05) is 45.2 Å². The van der Waals surface area contributed by atoms with Gasteiger partial charge in [-0.2, -0.15) is 0 Å². The molecule has 1 saturated heterocycles. The summed E-state index contributed by atoms with van der Waals surface area (Å²) in [7, 11) is 0. The molecule has 1 fully saturated rings. The van der Waals surface area contributed by atoms with Crippen LogP contribution < -0.4 is 0 Å². The second kappa shape index (κ2) is 3.05. The van der Waals surface area contributed by atoms with Crippen LogP contribution in [0, 0.1) is 6.29 Å². The fraction of sp³-hybridized carbons (Fsp3) is 0.545. The lowest BCUT2D eigenvalue weighted by molar-refractivity contribution is 0.00578. The lowest BCUT2D eigenvalue weighted by atomic mass is 9.90. The molecule has 1 radical (unpaired) electrons. The van der Waals surface area contributed by atoms with E-state index in [-0.39, 0.29) is 11.2 Å². The zero-order chi connectivity index (χ0) is 10.4. The molecule has 3 heteroatoms. The van der Waals surface area contributed by atoms with Gasteiger partial charge in [-0.05, 0) is 39.1 Å². The Morgan fingerprint density at radius 3 is 2.07 bits per heavy atom. The van der Waals surface area contributed by atoms with E-state index >= 15 is 0 Å². The van der Waals surface area contributed by atoms with E-state index in [1.165, 1.54) is 0 Å². The van der Waals surface area contributed by atoms with E-state index < -0.39 is 0 Å². The van der Waals surface area contributed by atoms with Crippen LogP contribution in [0.5, 0.6) is 0 Å². The van der Waals surface area contributed by atoms with Crippen molar-refractivity contribution in [2.24, 2.45) is 0 Å². The molecule has 77 valence electrons. The molecule has 0 unspecified atom stereocenters. The van der Waals surface area contributed by atoms with Crippen molar-refractivity contribution in [2.75, 3.05) is 0 Å². The number of rotatable bonds is 1. The van der Waals surface area contributed by atoms with E-state index in [0.717, 1.165) is 4.88 Å². The fourth-order valence-electron chi connectivity index (χ4n) is 1.23. The maximum absolute atomic E-state index is 5.81. The summed E-state index contributed by atoms with van der Waals surface area (Å²) in [5.74, 6) is 0. The smallest absolute Gasteiger partial charge is 0.267 e. The normalized spacial score (nSPS) is 25.4. The summed E-state index contributed by atoms with van der Waals surface area (Å²) in [6, 6.07) is 4.01. The summed E-state index contributed by atoms with van der Waals surface area (Å²) in [5, 5.41) is 2.02. The van der Waals surface area contributed by atoms with Crippen LogP contribution in [0.2, 0.25) is 0 Å². The van der Waals surface area contributed by atoms with E-state index in [2.05, 4.69) is 0 Å². The topological polar surface area (TPSA) is 18.5 Å². The number of hydrogen-bond donors (Lipinski definition) is 0. The Labute approximate surface area is 88.8 Å². The minimum absolute atomic E-state index is 0.272. The minimum Gasteiger partial charge on any atom is -0.332 e. The highest BCUT2D eigenvalue weighted by molar-refractivity contribution is 7.10. The molecule has 14 heavy (non-hydrogen) atoms. The predicted molar refractivity (Wildman–Crippen MR) is 57.0 cm³/mol. The standard InChI is InChI=1S/C11H15O2S/c1-10(2)11(3,4)13-9(12-10)8-6-5-7-14-8/h5-7H,1-4H3. The predicted octanol–water partition coefficient (Wildman–Crippen LogP) is 3.19. The van der Waals surface area contributed by atoms with Crippen LogP contribution in [0.3, 0.4) is 0 Å².